The van der Waals surface area contributed by atoms with Crippen molar-refractivity contribution in [1.29, 1.82) is 0 Å². The van der Waals surface area contributed by atoms with E-state index in [1.54, 1.807) is 24.4 Å². The third kappa shape index (κ3) is 3.28. The Bertz CT molecular complexity index is 513. The van der Waals surface area contributed by atoms with Gasteiger partial charge in [-0.1, -0.05) is 18.2 Å². The van der Waals surface area contributed by atoms with Crippen molar-refractivity contribution in [1.82, 2.24) is 4.98 Å². The number of hydrogen-bond acceptors (Lipinski definition) is 3. The van der Waals surface area contributed by atoms with E-state index in [1.165, 1.54) is 12.1 Å². The highest BCUT2D eigenvalue weighted by molar-refractivity contribution is 5.38. The van der Waals surface area contributed by atoms with Crippen LogP contribution < -0.4 is 5.73 Å². The molecule has 0 bridgehead atoms. The maximum Gasteiger partial charge on any atom is 0.126 e. The molecule has 0 aliphatic carbocycles. The van der Waals surface area contributed by atoms with E-state index in [0.29, 0.717) is 18.7 Å². The van der Waals surface area contributed by atoms with Gasteiger partial charge in [0.1, 0.15) is 11.6 Å². The molecule has 0 amide bonds. The molecule has 18 heavy (non-hydrogen) atoms. The highest BCUT2D eigenvalue weighted by atomic mass is 19.1. The lowest BCUT2D eigenvalue weighted by molar-refractivity contribution is 0.175. The SMILES string of the molecule is Nc1ncccc1CC(O)Cc1ccc(F)cc1. The van der Waals surface area contributed by atoms with E-state index >= 15 is 0 Å². The second-order valence-corrected chi connectivity index (χ2v) is 4.24. The fourth-order valence-electron chi connectivity index (χ4n) is 1.84. The van der Waals surface area contributed by atoms with E-state index in [1.807, 2.05) is 6.07 Å². The first-order valence-electron chi connectivity index (χ1n) is 5.77. The summed E-state index contributed by atoms with van der Waals surface area (Å²) >= 11 is 0. The summed E-state index contributed by atoms with van der Waals surface area (Å²) in [5.74, 6) is 0.167. The van der Waals surface area contributed by atoms with Crippen molar-refractivity contribution < 1.29 is 9.50 Å². The molecule has 4 heteroatoms. The van der Waals surface area contributed by atoms with Crippen LogP contribution in [0.1, 0.15) is 11.1 Å². The van der Waals surface area contributed by atoms with Crippen LogP contribution in [0, 0.1) is 5.82 Å². The van der Waals surface area contributed by atoms with E-state index in [0.717, 1.165) is 11.1 Å². The molecule has 0 aliphatic rings. The molecule has 0 saturated heterocycles. The van der Waals surface area contributed by atoms with Crippen molar-refractivity contribution in [2.45, 2.75) is 18.9 Å². The molecule has 94 valence electrons. The number of aliphatic hydroxyl groups excluding tert-OH is 1. The van der Waals surface area contributed by atoms with Crippen LogP contribution >= 0.6 is 0 Å². The smallest absolute Gasteiger partial charge is 0.126 e. The Morgan fingerprint density at radius 1 is 1.17 bits per heavy atom. The quantitative estimate of drug-likeness (QED) is 0.866. The molecular weight excluding hydrogens is 231 g/mol. The summed E-state index contributed by atoms with van der Waals surface area (Å²) in [5, 5.41) is 9.97. The summed E-state index contributed by atoms with van der Waals surface area (Å²) in [6.45, 7) is 0. The zero-order valence-corrected chi connectivity index (χ0v) is 9.88. The van der Waals surface area contributed by atoms with Gasteiger partial charge in [-0.25, -0.2) is 9.37 Å². The predicted octanol–water partition coefficient (Wildman–Crippen LogP) is 1.95. The molecule has 1 aromatic heterocycles. The first-order valence-corrected chi connectivity index (χ1v) is 5.77. The average Bonchev–Trinajstić information content (AvgIpc) is 2.35. The summed E-state index contributed by atoms with van der Waals surface area (Å²) < 4.78 is 12.7. The Balaban J connectivity index is 1.99. The van der Waals surface area contributed by atoms with Gasteiger partial charge in [-0.3, -0.25) is 0 Å². The number of nitrogen functional groups attached to an aromatic ring is 1. The fraction of sp³-hybridized carbons (Fsp3) is 0.214. The monoisotopic (exact) mass is 246 g/mol. The van der Waals surface area contributed by atoms with Crippen LogP contribution in [-0.2, 0) is 12.8 Å². The number of nitrogens with zero attached hydrogens (tertiary/aromatic N) is 1. The minimum absolute atomic E-state index is 0.273. The maximum absolute atomic E-state index is 12.7. The van der Waals surface area contributed by atoms with E-state index in [9.17, 15) is 9.50 Å². The standard InChI is InChI=1S/C14H15FN2O/c15-12-5-3-10(4-6-12)8-13(18)9-11-2-1-7-17-14(11)16/h1-7,13,18H,8-9H2,(H2,16,17). The van der Waals surface area contributed by atoms with Crippen molar-refractivity contribution in [3.8, 4) is 0 Å². The number of halogens is 1. The summed E-state index contributed by atoms with van der Waals surface area (Å²) in [5.41, 5.74) is 7.43. The Labute approximate surface area is 105 Å². The Kier molecular flexibility index (Phi) is 3.89. The van der Waals surface area contributed by atoms with E-state index in [-0.39, 0.29) is 5.82 Å². The zero-order valence-electron chi connectivity index (χ0n) is 9.88. The fourth-order valence-corrected chi connectivity index (χ4v) is 1.84. The highest BCUT2D eigenvalue weighted by Crippen LogP contribution is 2.13. The minimum Gasteiger partial charge on any atom is -0.392 e. The molecule has 0 spiro atoms. The van der Waals surface area contributed by atoms with Gasteiger partial charge in [-0.15, -0.1) is 0 Å². The van der Waals surface area contributed by atoms with Gasteiger partial charge < -0.3 is 10.8 Å². The molecule has 2 aromatic rings. The number of benzene rings is 1. The van der Waals surface area contributed by atoms with Crippen molar-refractivity contribution in [3.63, 3.8) is 0 Å². The van der Waals surface area contributed by atoms with Crippen molar-refractivity contribution >= 4 is 5.82 Å². The average molecular weight is 246 g/mol. The van der Waals surface area contributed by atoms with Crippen LogP contribution in [0.5, 0.6) is 0 Å². The molecular formula is C14H15FN2O. The number of hydrogen-bond donors (Lipinski definition) is 2. The molecule has 0 aliphatic heterocycles. The van der Waals surface area contributed by atoms with Crippen LogP contribution in [0.25, 0.3) is 0 Å². The van der Waals surface area contributed by atoms with Gasteiger partial charge in [0.05, 0.1) is 6.10 Å². The van der Waals surface area contributed by atoms with Crippen LogP contribution in [-0.4, -0.2) is 16.2 Å². The second kappa shape index (κ2) is 5.60. The first kappa shape index (κ1) is 12.5. The molecule has 0 saturated carbocycles. The number of aliphatic hydroxyl groups is 1. The zero-order chi connectivity index (χ0) is 13.0. The van der Waals surface area contributed by atoms with E-state index in [4.69, 9.17) is 5.73 Å². The molecule has 2 rings (SSSR count). The number of rotatable bonds is 4. The normalized spacial score (nSPS) is 12.3. The predicted molar refractivity (Wildman–Crippen MR) is 68.5 cm³/mol. The Hall–Kier alpha value is -1.94. The van der Waals surface area contributed by atoms with Gasteiger partial charge in [-0.2, -0.15) is 0 Å². The van der Waals surface area contributed by atoms with Crippen molar-refractivity contribution in [2.75, 3.05) is 5.73 Å². The summed E-state index contributed by atoms with van der Waals surface area (Å²) in [6.07, 6.45) is 1.97. The second-order valence-electron chi connectivity index (χ2n) is 4.24. The first-order chi connectivity index (χ1) is 8.65. The summed E-state index contributed by atoms with van der Waals surface area (Å²) in [4.78, 5) is 3.97. The molecule has 0 radical (unpaired) electrons. The number of pyridine rings is 1. The van der Waals surface area contributed by atoms with Crippen LogP contribution in [0.3, 0.4) is 0 Å². The Morgan fingerprint density at radius 2 is 1.89 bits per heavy atom. The van der Waals surface area contributed by atoms with Crippen LogP contribution in [0.2, 0.25) is 0 Å². The molecule has 1 aromatic carbocycles. The van der Waals surface area contributed by atoms with Gasteiger partial charge >= 0.3 is 0 Å². The molecule has 3 nitrogen and oxygen atoms in total. The number of aromatic nitrogens is 1. The van der Waals surface area contributed by atoms with Gasteiger partial charge in [-0.05, 0) is 35.7 Å². The topological polar surface area (TPSA) is 59.1 Å². The summed E-state index contributed by atoms with van der Waals surface area (Å²) in [6, 6.07) is 9.75. The molecule has 3 N–H and O–H groups in total. The van der Waals surface area contributed by atoms with E-state index < -0.39 is 6.10 Å². The molecule has 1 atom stereocenters. The molecule has 1 unspecified atom stereocenters. The van der Waals surface area contributed by atoms with Gasteiger partial charge in [0.15, 0.2) is 0 Å². The third-order valence-corrected chi connectivity index (χ3v) is 2.77. The molecule has 1 heterocycles. The lowest BCUT2D eigenvalue weighted by atomic mass is 10.0. The molecule has 0 fully saturated rings. The van der Waals surface area contributed by atoms with Crippen molar-refractivity contribution in [2.24, 2.45) is 0 Å². The lowest BCUT2D eigenvalue weighted by Crippen LogP contribution is -2.15. The van der Waals surface area contributed by atoms with Gasteiger partial charge in [0.2, 0.25) is 0 Å². The number of nitrogens with two attached hydrogens (primary N) is 1. The van der Waals surface area contributed by atoms with Gasteiger partial charge in [0.25, 0.3) is 0 Å². The highest BCUT2D eigenvalue weighted by Gasteiger charge is 2.09. The third-order valence-electron chi connectivity index (χ3n) is 2.77. The van der Waals surface area contributed by atoms with Crippen LogP contribution in [0.4, 0.5) is 10.2 Å². The Morgan fingerprint density at radius 3 is 2.56 bits per heavy atom. The lowest BCUT2D eigenvalue weighted by Gasteiger charge is -2.11. The largest absolute Gasteiger partial charge is 0.392 e. The minimum atomic E-state index is -0.554. The van der Waals surface area contributed by atoms with Crippen LogP contribution in [0.15, 0.2) is 42.6 Å². The van der Waals surface area contributed by atoms with E-state index in [2.05, 4.69) is 4.98 Å². The summed E-state index contributed by atoms with van der Waals surface area (Å²) in [7, 11) is 0. The van der Waals surface area contributed by atoms with Gasteiger partial charge in [0, 0.05) is 12.6 Å². The number of anilines is 1. The maximum atomic E-state index is 12.7. The van der Waals surface area contributed by atoms with Crippen molar-refractivity contribution in [3.05, 3.63) is 59.5 Å².